The summed E-state index contributed by atoms with van der Waals surface area (Å²) in [7, 11) is 2.76. The highest BCUT2D eigenvalue weighted by Gasteiger charge is 1.92. The largest absolute Gasteiger partial charge is 0.484 e. The SMILES string of the molecule is COC(C)=NS(=O)OC. The van der Waals surface area contributed by atoms with Crippen LogP contribution in [0.5, 0.6) is 0 Å². The zero-order valence-corrected chi connectivity index (χ0v) is 6.40. The molecule has 0 aliphatic rings. The summed E-state index contributed by atoms with van der Waals surface area (Å²) in [5, 5.41) is 0. The van der Waals surface area contributed by atoms with Gasteiger partial charge in [0, 0.05) is 6.92 Å². The number of ether oxygens (including phenoxy) is 1. The second kappa shape index (κ2) is 4.46. The third-order valence-corrected chi connectivity index (χ3v) is 1.33. The zero-order chi connectivity index (χ0) is 7.28. The molecule has 0 saturated heterocycles. The lowest BCUT2D eigenvalue weighted by Crippen LogP contribution is -1.97. The molecule has 0 aromatic carbocycles. The monoisotopic (exact) mass is 151 g/mol. The maximum atomic E-state index is 10.4. The third-order valence-electron chi connectivity index (χ3n) is 0.641. The predicted molar refractivity (Wildman–Crippen MR) is 35.3 cm³/mol. The first-order chi connectivity index (χ1) is 4.20. The predicted octanol–water partition coefficient (Wildman–Crippen LogP) is 0.276. The van der Waals surface area contributed by atoms with Crippen LogP contribution in [0.2, 0.25) is 0 Å². The Labute approximate surface area is 56.7 Å². The Morgan fingerprint density at radius 2 is 2.11 bits per heavy atom. The van der Waals surface area contributed by atoms with Crippen molar-refractivity contribution >= 4 is 17.2 Å². The molecule has 0 saturated carbocycles. The fourth-order valence-corrected chi connectivity index (χ4v) is 0.539. The van der Waals surface area contributed by atoms with Gasteiger partial charge < -0.3 is 4.74 Å². The molecule has 0 radical (unpaired) electrons. The van der Waals surface area contributed by atoms with E-state index in [1.54, 1.807) is 6.92 Å². The van der Waals surface area contributed by atoms with Gasteiger partial charge in [-0.15, -0.1) is 4.40 Å². The van der Waals surface area contributed by atoms with Gasteiger partial charge in [-0.3, -0.25) is 4.18 Å². The maximum Gasteiger partial charge on any atom is 0.287 e. The normalized spacial score (nSPS) is 15.2. The van der Waals surface area contributed by atoms with E-state index in [2.05, 4.69) is 13.3 Å². The van der Waals surface area contributed by atoms with Crippen LogP contribution in [0.15, 0.2) is 4.40 Å². The fourth-order valence-electron chi connectivity index (χ4n) is 0.180. The van der Waals surface area contributed by atoms with E-state index >= 15 is 0 Å². The Kier molecular flexibility index (Phi) is 4.25. The maximum absolute atomic E-state index is 10.4. The minimum atomic E-state index is -1.59. The van der Waals surface area contributed by atoms with E-state index in [-0.39, 0.29) is 0 Å². The second-order valence-electron chi connectivity index (χ2n) is 1.20. The summed E-state index contributed by atoms with van der Waals surface area (Å²) in [5.41, 5.74) is 0. The Hall–Kier alpha value is -0.420. The summed E-state index contributed by atoms with van der Waals surface area (Å²) in [6, 6.07) is 0. The number of rotatable bonds is 2. The van der Waals surface area contributed by atoms with Crippen molar-refractivity contribution in [1.29, 1.82) is 0 Å². The van der Waals surface area contributed by atoms with Crippen molar-refractivity contribution in [2.75, 3.05) is 14.2 Å². The average molecular weight is 151 g/mol. The van der Waals surface area contributed by atoms with Gasteiger partial charge >= 0.3 is 0 Å². The molecular weight excluding hydrogens is 142 g/mol. The van der Waals surface area contributed by atoms with E-state index in [0.29, 0.717) is 5.90 Å². The molecule has 9 heavy (non-hydrogen) atoms. The second-order valence-corrected chi connectivity index (χ2v) is 2.15. The summed E-state index contributed by atoms with van der Waals surface area (Å²) >= 11 is -1.59. The Morgan fingerprint density at radius 3 is 2.44 bits per heavy atom. The topological polar surface area (TPSA) is 47.9 Å². The molecule has 0 rings (SSSR count). The minimum Gasteiger partial charge on any atom is -0.484 e. The highest BCUT2D eigenvalue weighted by atomic mass is 32.2. The lowest BCUT2D eigenvalue weighted by molar-refractivity contribution is 0.398. The van der Waals surface area contributed by atoms with Crippen LogP contribution in [0, 0.1) is 0 Å². The molecule has 54 valence electrons. The van der Waals surface area contributed by atoms with Gasteiger partial charge in [-0.05, 0) is 0 Å². The van der Waals surface area contributed by atoms with Crippen molar-refractivity contribution < 1.29 is 13.1 Å². The molecule has 0 aliphatic carbocycles. The van der Waals surface area contributed by atoms with Gasteiger partial charge in [-0.2, -0.15) is 0 Å². The fraction of sp³-hybridized carbons (Fsp3) is 0.750. The van der Waals surface area contributed by atoms with E-state index in [1.807, 2.05) is 0 Å². The van der Waals surface area contributed by atoms with E-state index in [1.165, 1.54) is 14.2 Å². The van der Waals surface area contributed by atoms with Crippen molar-refractivity contribution in [3.05, 3.63) is 0 Å². The molecule has 0 fully saturated rings. The quantitative estimate of drug-likeness (QED) is 0.420. The minimum absolute atomic E-state index is 0.343. The summed E-state index contributed by atoms with van der Waals surface area (Å²) in [6.45, 7) is 1.59. The number of nitrogens with zero attached hydrogens (tertiary/aromatic N) is 1. The first kappa shape index (κ1) is 8.58. The average Bonchev–Trinajstić information content (AvgIpc) is 1.87. The van der Waals surface area contributed by atoms with Crippen LogP contribution < -0.4 is 0 Å². The molecular formula is C4H9NO3S. The van der Waals surface area contributed by atoms with Gasteiger partial charge in [0.05, 0.1) is 14.2 Å². The van der Waals surface area contributed by atoms with Crippen molar-refractivity contribution in [3.8, 4) is 0 Å². The lowest BCUT2D eigenvalue weighted by Gasteiger charge is -1.94. The zero-order valence-electron chi connectivity index (χ0n) is 5.58. The van der Waals surface area contributed by atoms with Crippen molar-refractivity contribution in [2.45, 2.75) is 6.92 Å². The molecule has 4 nitrogen and oxygen atoms in total. The molecule has 0 bridgehead atoms. The van der Waals surface area contributed by atoms with E-state index < -0.39 is 11.3 Å². The Bertz CT molecular complexity index is 134. The highest BCUT2D eigenvalue weighted by molar-refractivity contribution is 7.78. The molecule has 0 amide bonds. The van der Waals surface area contributed by atoms with E-state index in [0.717, 1.165) is 0 Å². The Balaban J connectivity index is 3.79. The molecule has 0 N–H and O–H groups in total. The molecule has 0 aromatic heterocycles. The van der Waals surface area contributed by atoms with Crippen LogP contribution in [0.1, 0.15) is 6.92 Å². The molecule has 1 unspecified atom stereocenters. The summed E-state index contributed by atoms with van der Waals surface area (Å²) in [5.74, 6) is 0.343. The van der Waals surface area contributed by atoms with Crippen LogP contribution in [0.4, 0.5) is 0 Å². The van der Waals surface area contributed by atoms with Crippen LogP contribution in [-0.2, 0) is 20.2 Å². The molecule has 5 heteroatoms. The van der Waals surface area contributed by atoms with Gasteiger partial charge in [-0.1, -0.05) is 0 Å². The first-order valence-electron chi connectivity index (χ1n) is 2.26. The lowest BCUT2D eigenvalue weighted by atomic mass is 10.8. The first-order valence-corrected chi connectivity index (χ1v) is 3.29. The van der Waals surface area contributed by atoms with Crippen molar-refractivity contribution in [2.24, 2.45) is 4.40 Å². The summed E-state index contributed by atoms with van der Waals surface area (Å²) in [6.07, 6.45) is 0. The van der Waals surface area contributed by atoms with Gasteiger partial charge in [0.2, 0.25) is 0 Å². The van der Waals surface area contributed by atoms with E-state index in [4.69, 9.17) is 0 Å². The Morgan fingerprint density at radius 1 is 1.56 bits per heavy atom. The smallest absolute Gasteiger partial charge is 0.287 e. The van der Waals surface area contributed by atoms with Crippen LogP contribution in [-0.4, -0.2) is 24.3 Å². The van der Waals surface area contributed by atoms with Crippen LogP contribution in [0.25, 0.3) is 0 Å². The number of methoxy groups -OCH3 is 1. The number of hydrogen-bond donors (Lipinski definition) is 0. The van der Waals surface area contributed by atoms with E-state index in [9.17, 15) is 4.21 Å². The van der Waals surface area contributed by atoms with Crippen molar-refractivity contribution in [3.63, 3.8) is 0 Å². The highest BCUT2D eigenvalue weighted by Crippen LogP contribution is 1.86. The third kappa shape index (κ3) is 4.11. The standard InChI is InChI=1S/C4H9NO3S/c1-4(7-2)5-9(6)8-3/h1-3H3. The molecule has 0 heterocycles. The molecule has 1 atom stereocenters. The van der Waals surface area contributed by atoms with Gasteiger partial charge in [0.25, 0.3) is 11.3 Å². The number of hydrogen-bond acceptors (Lipinski definition) is 3. The summed E-state index contributed by atoms with van der Waals surface area (Å²) < 4.78 is 22.8. The van der Waals surface area contributed by atoms with Crippen LogP contribution in [0.3, 0.4) is 0 Å². The van der Waals surface area contributed by atoms with Gasteiger partial charge in [0.15, 0.2) is 5.90 Å². The van der Waals surface area contributed by atoms with Gasteiger partial charge in [-0.25, -0.2) is 4.21 Å². The molecule has 0 spiro atoms. The van der Waals surface area contributed by atoms with Crippen LogP contribution >= 0.6 is 0 Å². The van der Waals surface area contributed by atoms with Crippen molar-refractivity contribution in [1.82, 2.24) is 0 Å². The summed E-state index contributed by atoms with van der Waals surface area (Å²) in [4.78, 5) is 0. The molecule has 0 aromatic rings. The van der Waals surface area contributed by atoms with Gasteiger partial charge in [0.1, 0.15) is 0 Å². The molecule has 0 aliphatic heterocycles.